The van der Waals surface area contributed by atoms with Crippen LogP contribution in [-0.4, -0.2) is 5.16 Å². The van der Waals surface area contributed by atoms with Crippen LogP contribution in [0.3, 0.4) is 0 Å². The minimum Gasteiger partial charge on any atom is -0.301 e. The van der Waals surface area contributed by atoms with E-state index in [2.05, 4.69) is 5.09 Å². The van der Waals surface area contributed by atoms with Crippen LogP contribution in [0.5, 0.6) is 0 Å². The zero-order valence-corrected chi connectivity index (χ0v) is 13.2. The van der Waals surface area contributed by atoms with E-state index in [4.69, 9.17) is 0 Å². The first-order chi connectivity index (χ1) is 9.43. The van der Waals surface area contributed by atoms with Gasteiger partial charge in [0, 0.05) is 17.0 Å². The fraction of sp³-hybridized carbons (Fsp3) is 0.294. The highest BCUT2D eigenvalue weighted by atomic mass is 31.2. The van der Waals surface area contributed by atoms with Crippen molar-refractivity contribution in [1.29, 1.82) is 0 Å². The highest BCUT2D eigenvalue weighted by Gasteiger charge is 2.37. The fourth-order valence-corrected chi connectivity index (χ4v) is 4.58. The summed E-state index contributed by atoms with van der Waals surface area (Å²) in [6.45, 7) is 6.70. The monoisotopic (exact) mass is 287 g/mol. The molecule has 0 unspecified atom stereocenters. The Morgan fingerprint density at radius 2 is 1.40 bits per heavy atom. The molecule has 1 N–H and O–H groups in total. The maximum atomic E-state index is 13.5. The Bertz CT molecular complexity index is 587. The van der Waals surface area contributed by atoms with Crippen LogP contribution in [-0.2, 0) is 11.1 Å². The molecule has 0 aliphatic rings. The van der Waals surface area contributed by atoms with Crippen molar-refractivity contribution in [3.63, 3.8) is 0 Å². The topological polar surface area (TPSA) is 29.1 Å². The van der Waals surface area contributed by atoms with Gasteiger partial charge in [-0.15, -0.1) is 0 Å². The lowest BCUT2D eigenvalue weighted by Crippen LogP contribution is -2.32. The molecule has 0 radical (unpaired) electrons. The number of benzene rings is 2. The zero-order valence-electron chi connectivity index (χ0n) is 12.3. The average Bonchev–Trinajstić information content (AvgIpc) is 2.45. The molecule has 0 amide bonds. The van der Waals surface area contributed by atoms with Gasteiger partial charge in [-0.2, -0.15) is 0 Å². The van der Waals surface area contributed by atoms with Gasteiger partial charge < -0.3 is 4.57 Å². The van der Waals surface area contributed by atoms with E-state index >= 15 is 0 Å². The number of hydrogen-bond donors (Lipinski definition) is 1. The summed E-state index contributed by atoms with van der Waals surface area (Å²) in [5.41, 5.74) is 1.15. The highest BCUT2D eigenvalue weighted by Crippen LogP contribution is 2.53. The smallest absolute Gasteiger partial charge is 0.181 e. The molecule has 0 aliphatic carbocycles. The average molecular weight is 287 g/mol. The van der Waals surface area contributed by atoms with Gasteiger partial charge in [-0.25, -0.2) is 0 Å². The third kappa shape index (κ3) is 3.20. The van der Waals surface area contributed by atoms with Gasteiger partial charge in [-0.05, 0) is 5.56 Å². The molecule has 2 aromatic rings. The first kappa shape index (κ1) is 15.0. The number of hydrogen-bond acceptors (Lipinski definition) is 1. The Labute approximate surface area is 121 Å². The largest absolute Gasteiger partial charge is 0.301 e. The molecule has 2 rings (SSSR count). The van der Waals surface area contributed by atoms with Crippen molar-refractivity contribution in [2.75, 3.05) is 0 Å². The summed E-state index contributed by atoms with van der Waals surface area (Å²) in [4.78, 5) is 0. The molecule has 0 saturated carbocycles. The Morgan fingerprint density at radius 3 is 1.90 bits per heavy atom. The van der Waals surface area contributed by atoms with E-state index in [1.54, 1.807) is 0 Å². The predicted molar refractivity (Wildman–Crippen MR) is 86.7 cm³/mol. The van der Waals surface area contributed by atoms with Crippen molar-refractivity contribution < 1.29 is 4.57 Å². The van der Waals surface area contributed by atoms with E-state index in [1.165, 1.54) is 0 Å². The van der Waals surface area contributed by atoms with Crippen LogP contribution in [0.25, 0.3) is 0 Å². The van der Waals surface area contributed by atoms with E-state index in [0.29, 0.717) is 6.54 Å². The lowest BCUT2D eigenvalue weighted by atomic mass is 10.2. The second kappa shape index (κ2) is 5.95. The molecule has 3 heteroatoms. The van der Waals surface area contributed by atoms with E-state index in [0.717, 1.165) is 10.9 Å². The minimum atomic E-state index is -2.67. The third-order valence-electron chi connectivity index (χ3n) is 3.41. The molecule has 1 atom stereocenters. The molecule has 0 spiro atoms. The van der Waals surface area contributed by atoms with Crippen LogP contribution >= 0.6 is 7.29 Å². The normalized spacial score (nSPS) is 14.8. The molecule has 106 valence electrons. The van der Waals surface area contributed by atoms with Crippen LogP contribution in [0, 0.1) is 0 Å². The number of rotatable bonds is 4. The van der Waals surface area contributed by atoms with Gasteiger partial charge in [0.1, 0.15) is 0 Å². The Kier molecular flexibility index (Phi) is 4.47. The van der Waals surface area contributed by atoms with E-state index in [-0.39, 0.29) is 5.16 Å². The van der Waals surface area contributed by atoms with Crippen molar-refractivity contribution >= 4 is 12.6 Å². The Morgan fingerprint density at radius 1 is 0.900 bits per heavy atom. The van der Waals surface area contributed by atoms with Crippen molar-refractivity contribution in [2.45, 2.75) is 32.5 Å². The molecule has 0 heterocycles. The molecule has 2 aromatic carbocycles. The van der Waals surface area contributed by atoms with E-state index in [9.17, 15) is 4.57 Å². The summed E-state index contributed by atoms with van der Waals surface area (Å²) in [6, 6.07) is 19.8. The maximum absolute atomic E-state index is 13.5. The van der Waals surface area contributed by atoms with Gasteiger partial charge in [-0.1, -0.05) is 81.4 Å². The molecule has 0 aliphatic heterocycles. The van der Waals surface area contributed by atoms with Crippen LogP contribution < -0.4 is 10.4 Å². The van der Waals surface area contributed by atoms with E-state index < -0.39 is 7.29 Å². The second-order valence-electron chi connectivity index (χ2n) is 5.94. The molecule has 0 saturated heterocycles. The van der Waals surface area contributed by atoms with Gasteiger partial charge in [0.15, 0.2) is 7.29 Å². The van der Waals surface area contributed by atoms with Gasteiger partial charge in [0.05, 0.1) is 0 Å². The molecule has 0 bridgehead atoms. The van der Waals surface area contributed by atoms with Crippen molar-refractivity contribution in [3.8, 4) is 0 Å². The minimum absolute atomic E-state index is 0.316. The Hall–Kier alpha value is -1.37. The van der Waals surface area contributed by atoms with Crippen molar-refractivity contribution in [3.05, 3.63) is 66.2 Å². The molecular weight excluding hydrogens is 265 g/mol. The highest BCUT2D eigenvalue weighted by molar-refractivity contribution is 7.71. The maximum Gasteiger partial charge on any atom is 0.181 e. The summed E-state index contributed by atoms with van der Waals surface area (Å²) in [5.74, 6) is 0. The van der Waals surface area contributed by atoms with Crippen molar-refractivity contribution in [1.82, 2.24) is 5.09 Å². The van der Waals surface area contributed by atoms with Crippen LogP contribution in [0.15, 0.2) is 60.7 Å². The molecule has 0 fully saturated rings. The Balaban J connectivity index is 2.28. The van der Waals surface area contributed by atoms with Gasteiger partial charge in [0.25, 0.3) is 0 Å². The standard InChI is InChI=1S/C17H22NOP/c1-17(2,3)20(19,16-12-8-5-9-13-16)18-14-15-10-6-4-7-11-15/h4-13H,14H2,1-3H3,(H,18,19)/t20-/m1/s1. The second-order valence-corrected chi connectivity index (χ2v) is 9.33. The fourth-order valence-electron chi connectivity index (χ4n) is 2.15. The number of nitrogens with one attached hydrogen (secondary N) is 1. The predicted octanol–water partition coefficient (Wildman–Crippen LogP) is 4.18. The van der Waals surface area contributed by atoms with Gasteiger partial charge >= 0.3 is 0 Å². The van der Waals surface area contributed by atoms with Gasteiger partial charge in [-0.3, -0.25) is 5.09 Å². The molecular formula is C17H22NOP. The summed E-state index contributed by atoms with van der Waals surface area (Å²) in [6.07, 6.45) is 0. The van der Waals surface area contributed by atoms with E-state index in [1.807, 2.05) is 81.4 Å². The summed E-state index contributed by atoms with van der Waals surface area (Å²) < 4.78 is 13.5. The van der Waals surface area contributed by atoms with Crippen molar-refractivity contribution in [2.24, 2.45) is 0 Å². The molecule has 0 aromatic heterocycles. The lowest BCUT2D eigenvalue weighted by molar-refractivity contribution is 0.544. The molecule has 20 heavy (non-hydrogen) atoms. The molecule has 2 nitrogen and oxygen atoms in total. The summed E-state index contributed by atoms with van der Waals surface area (Å²) >= 11 is 0. The lowest BCUT2D eigenvalue weighted by Gasteiger charge is -2.32. The summed E-state index contributed by atoms with van der Waals surface area (Å²) in [5, 5.41) is 3.90. The quantitative estimate of drug-likeness (QED) is 0.855. The van der Waals surface area contributed by atoms with Crippen LogP contribution in [0.1, 0.15) is 26.3 Å². The van der Waals surface area contributed by atoms with Crippen LogP contribution in [0.2, 0.25) is 0 Å². The third-order valence-corrected chi connectivity index (χ3v) is 6.93. The van der Waals surface area contributed by atoms with Crippen LogP contribution in [0.4, 0.5) is 0 Å². The first-order valence-electron chi connectivity index (χ1n) is 6.88. The SMILES string of the molecule is CC(C)(C)[P@@](=O)(NCc1ccccc1)c1ccccc1. The summed E-state index contributed by atoms with van der Waals surface area (Å²) in [7, 11) is -2.67. The first-order valence-corrected chi connectivity index (χ1v) is 8.59. The van der Waals surface area contributed by atoms with Gasteiger partial charge in [0.2, 0.25) is 0 Å². The zero-order chi connectivity index (χ0) is 14.6.